The zero-order chi connectivity index (χ0) is 17.8. The molecule has 0 aromatic heterocycles. The molecule has 0 amide bonds. The average molecular weight is 365 g/mol. The maximum atomic E-state index is 6.40. The van der Waals surface area contributed by atoms with Gasteiger partial charge in [-0.05, 0) is 74.5 Å². The first-order chi connectivity index (χ1) is 12.5. The van der Waals surface area contributed by atoms with E-state index < -0.39 is 0 Å². The van der Waals surface area contributed by atoms with Gasteiger partial charge in [-0.3, -0.25) is 0 Å². The van der Waals surface area contributed by atoms with Crippen molar-refractivity contribution in [2.24, 2.45) is 29.1 Å². The smallest absolute Gasteiger partial charge is 0.168 e. The third-order valence-corrected chi connectivity index (χ3v) is 9.05. The van der Waals surface area contributed by atoms with Crippen molar-refractivity contribution < 1.29 is 18.9 Å². The minimum atomic E-state index is -0.239. The molecule has 0 N–H and O–H groups in total. The van der Waals surface area contributed by atoms with E-state index in [9.17, 15) is 0 Å². The van der Waals surface area contributed by atoms with Gasteiger partial charge in [-0.15, -0.1) is 0 Å². The summed E-state index contributed by atoms with van der Waals surface area (Å²) in [5.41, 5.74) is 0.524. The number of hydrogen-bond acceptors (Lipinski definition) is 4. The highest BCUT2D eigenvalue weighted by Gasteiger charge is 2.60. The van der Waals surface area contributed by atoms with Gasteiger partial charge in [0.2, 0.25) is 0 Å². The Morgan fingerprint density at radius 3 is 2.35 bits per heavy atom. The van der Waals surface area contributed by atoms with Crippen molar-refractivity contribution in [3.05, 3.63) is 0 Å². The molecule has 2 heterocycles. The molecule has 0 radical (unpaired) electrons. The molecule has 0 aromatic rings. The van der Waals surface area contributed by atoms with Gasteiger partial charge in [0.05, 0.1) is 32.0 Å². The highest BCUT2D eigenvalue weighted by molar-refractivity contribution is 5.08. The minimum absolute atomic E-state index is 0.0711. The van der Waals surface area contributed by atoms with Gasteiger partial charge < -0.3 is 18.9 Å². The van der Waals surface area contributed by atoms with Crippen LogP contribution in [0.4, 0.5) is 0 Å². The van der Waals surface area contributed by atoms with Crippen LogP contribution < -0.4 is 0 Å². The van der Waals surface area contributed by atoms with Gasteiger partial charge in [0.1, 0.15) is 0 Å². The molecule has 5 rings (SSSR count). The first-order valence-corrected chi connectivity index (χ1v) is 11.0. The molecule has 0 aromatic carbocycles. The minimum Gasteiger partial charge on any atom is -0.379 e. The second-order valence-electron chi connectivity index (χ2n) is 10.1. The Hall–Kier alpha value is -0.160. The molecule has 26 heavy (non-hydrogen) atoms. The number of hydrogen-bond donors (Lipinski definition) is 0. The summed E-state index contributed by atoms with van der Waals surface area (Å²) in [4.78, 5) is 0. The van der Waals surface area contributed by atoms with Crippen molar-refractivity contribution in [1.82, 2.24) is 0 Å². The fourth-order valence-corrected chi connectivity index (χ4v) is 7.59. The van der Waals surface area contributed by atoms with E-state index in [0.29, 0.717) is 11.3 Å². The molecule has 3 aliphatic carbocycles. The van der Waals surface area contributed by atoms with Crippen molar-refractivity contribution in [3.8, 4) is 0 Å². The molecule has 148 valence electrons. The lowest BCUT2D eigenvalue weighted by Crippen LogP contribution is -2.58. The van der Waals surface area contributed by atoms with Crippen LogP contribution in [0.25, 0.3) is 0 Å². The van der Waals surface area contributed by atoms with Crippen LogP contribution in [0.1, 0.15) is 65.2 Å². The molecular formula is C22H36O4. The number of ether oxygens (including phenoxy) is 4. The molecule has 6 unspecified atom stereocenters. The first kappa shape index (κ1) is 17.9. The Morgan fingerprint density at radius 1 is 0.692 bits per heavy atom. The summed E-state index contributed by atoms with van der Waals surface area (Å²) in [6.07, 6.45) is 9.89. The maximum Gasteiger partial charge on any atom is 0.168 e. The summed E-state index contributed by atoms with van der Waals surface area (Å²) in [7, 11) is 0. The summed E-state index contributed by atoms with van der Waals surface area (Å²) in [6.45, 7) is 9.00. The predicted octanol–water partition coefficient (Wildman–Crippen LogP) is 4.17. The summed E-state index contributed by atoms with van der Waals surface area (Å²) in [6, 6.07) is 0. The Morgan fingerprint density at radius 2 is 1.50 bits per heavy atom. The van der Waals surface area contributed by atoms with Crippen LogP contribution in [-0.2, 0) is 18.9 Å². The van der Waals surface area contributed by atoms with Crippen molar-refractivity contribution in [3.63, 3.8) is 0 Å². The molecular weight excluding hydrogens is 328 g/mol. The third-order valence-electron chi connectivity index (χ3n) is 9.05. The molecule has 0 bridgehead atoms. The van der Waals surface area contributed by atoms with Crippen LogP contribution in [0, 0.1) is 29.1 Å². The molecule has 5 aliphatic rings. The number of rotatable bonds is 0. The zero-order valence-electron chi connectivity index (χ0n) is 16.6. The Labute approximate surface area is 158 Å². The van der Waals surface area contributed by atoms with E-state index in [0.717, 1.165) is 63.6 Å². The lowest BCUT2D eigenvalue weighted by Gasteiger charge is -2.62. The molecule has 5 fully saturated rings. The predicted molar refractivity (Wildman–Crippen MR) is 98.8 cm³/mol. The molecule has 1 spiro atoms. The molecule has 3 saturated carbocycles. The van der Waals surface area contributed by atoms with E-state index in [-0.39, 0.29) is 11.4 Å². The van der Waals surface area contributed by atoms with E-state index in [1.165, 1.54) is 38.5 Å². The van der Waals surface area contributed by atoms with Gasteiger partial charge >= 0.3 is 0 Å². The molecule has 6 atom stereocenters. The van der Waals surface area contributed by atoms with Crippen molar-refractivity contribution >= 4 is 0 Å². The Balaban J connectivity index is 1.39. The van der Waals surface area contributed by atoms with Gasteiger partial charge in [0.25, 0.3) is 0 Å². The first-order valence-electron chi connectivity index (χ1n) is 11.0. The maximum absolute atomic E-state index is 6.40. The summed E-state index contributed by atoms with van der Waals surface area (Å²) < 4.78 is 24.4. The Bertz CT molecular complexity index is 530. The summed E-state index contributed by atoms with van der Waals surface area (Å²) in [5, 5.41) is 0. The van der Waals surface area contributed by atoms with Gasteiger partial charge in [-0.1, -0.05) is 6.92 Å². The summed E-state index contributed by atoms with van der Waals surface area (Å²) in [5.74, 6) is 2.81. The fraction of sp³-hybridized carbons (Fsp3) is 1.00. The monoisotopic (exact) mass is 364 g/mol. The molecule has 4 heteroatoms. The average Bonchev–Trinajstić information content (AvgIpc) is 3.06. The largest absolute Gasteiger partial charge is 0.379 e. The van der Waals surface area contributed by atoms with Crippen LogP contribution in [0.5, 0.6) is 0 Å². The van der Waals surface area contributed by atoms with Crippen molar-refractivity contribution in [2.45, 2.75) is 76.6 Å². The van der Waals surface area contributed by atoms with E-state index in [4.69, 9.17) is 18.9 Å². The normalized spacial score (nSPS) is 51.0. The van der Waals surface area contributed by atoms with Gasteiger partial charge in [-0.25, -0.2) is 0 Å². The van der Waals surface area contributed by atoms with Crippen molar-refractivity contribution in [1.29, 1.82) is 0 Å². The second kappa shape index (κ2) is 6.43. The van der Waals surface area contributed by atoms with Crippen LogP contribution >= 0.6 is 0 Å². The van der Waals surface area contributed by atoms with E-state index in [1.807, 2.05) is 0 Å². The van der Waals surface area contributed by atoms with Crippen LogP contribution in [-0.4, -0.2) is 44.4 Å². The molecule has 2 saturated heterocycles. The lowest BCUT2D eigenvalue weighted by molar-refractivity contribution is -0.239. The third kappa shape index (κ3) is 2.70. The fourth-order valence-electron chi connectivity index (χ4n) is 7.59. The van der Waals surface area contributed by atoms with Crippen LogP contribution in [0.3, 0.4) is 0 Å². The van der Waals surface area contributed by atoms with E-state index >= 15 is 0 Å². The standard InChI is InChI=1S/C22H36O4/c1-20-8-9-22(25-13-14-26-22)15-16(20)3-4-17-18(20)5-7-21(2)19(17)6-10-23-11-12-24-21/h16-19H,3-15H2,1-2H3. The highest BCUT2D eigenvalue weighted by atomic mass is 16.7. The van der Waals surface area contributed by atoms with Gasteiger partial charge in [-0.2, -0.15) is 0 Å². The van der Waals surface area contributed by atoms with E-state index in [1.54, 1.807) is 0 Å². The van der Waals surface area contributed by atoms with Gasteiger partial charge in [0.15, 0.2) is 5.79 Å². The van der Waals surface area contributed by atoms with Crippen LogP contribution in [0.15, 0.2) is 0 Å². The van der Waals surface area contributed by atoms with Crippen LogP contribution in [0.2, 0.25) is 0 Å². The Kier molecular flexibility index (Phi) is 4.43. The van der Waals surface area contributed by atoms with Gasteiger partial charge in [0, 0.05) is 19.4 Å². The number of fused-ring (bicyclic) bond motifs is 5. The van der Waals surface area contributed by atoms with E-state index in [2.05, 4.69) is 13.8 Å². The van der Waals surface area contributed by atoms with Crippen molar-refractivity contribution in [2.75, 3.05) is 33.0 Å². The highest BCUT2D eigenvalue weighted by Crippen LogP contribution is 2.64. The SMILES string of the molecule is CC12CCC3C(CCC4CC5(CCC43C)OCCO5)C1CCOCCO2. The lowest BCUT2D eigenvalue weighted by atomic mass is 9.45. The topological polar surface area (TPSA) is 36.9 Å². The zero-order valence-corrected chi connectivity index (χ0v) is 16.6. The molecule has 2 aliphatic heterocycles. The summed E-state index contributed by atoms with van der Waals surface area (Å²) >= 11 is 0. The quantitative estimate of drug-likeness (QED) is 0.646. The molecule has 4 nitrogen and oxygen atoms in total. The second-order valence-corrected chi connectivity index (χ2v) is 10.1.